The molecule has 2 heterocycles. The predicted octanol–water partition coefficient (Wildman–Crippen LogP) is 2.33. The molecule has 5 nitrogen and oxygen atoms in total. The van der Waals surface area contributed by atoms with Crippen LogP contribution in [0.2, 0.25) is 10.0 Å². The van der Waals surface area contributed by atoms with Gasteiger partial charge in [-0.15, -0.1) is 0 Å². The third-order valence-corrected chi connectivity index (χ3v) is 5.83. The number of nitrogens with zero attached hydrogens (tertiary/aromatic N) is 2. The molecule has 2 atom stereocenters. The van der Waals surface area contributed by atoms with Gasteiger partial charge in [-0.25, -0.2) is 13.4 Å². The fraction of sp³-hybridized carbons (Fsp3) is 0.417. The Labute approximate surface area is 127 Å². The van der Waals surface area contributed by atoms with Crippen LogP contribution >= 0.6 is 23.2 Å². The van der Waals surface area contributed by atoms with Gasteiger partial charge in [0.05, 0.1) is 32.8 Å². The lowest BCUT2D eigenvalue weighted by atomic mass is 10.3. The van der Waals surface area contributed by atoms with Crippen LogP contribution in [0.25, 0.3) is 5.65 Å². The summed E-state index contributed by atoms with van der Waals surface area (Å²) in [5.41, 5.74) is 0.813. The van der Waals surface area contributed by atoms with Crippen molar-refractivity contribution in [1.29, 1.82) is 0 Å². The Morgan fingerprint density at radius 3 is 2.60 bits per heavy atom. The molecule has 1 N–H and O–H groups in total. The van der Waals surface area contributed by atoms with Crippen molar-refractivity contribution in [3.05, 3.63) is 34.2 Å². The van der Waals surface area contributed by atoms with Crippen LogP contribution in [0.5, 0.6) is 0 Å². The molecule has 0 amide bonds. The van der Waals surface area contributed by atoms with Crippen molar-refractivity contribution >= 4 is 38.7 Å². The quantitative estimate of drug-likeness (QED) is 0.929. The molecule has 0 fully saturated rings. The molecule has 20 heavy (non-hydrogen) atoms. The number of hydrogen-bond acceptors (Lipinski definition) is 4. The summed E-state index contributed by atoms with van der Waals surface area (Å²) in [5, 5.41) is 9.34. The maximum atomic E-state index is 12.1. The van der Waals surface area contributed by atoms with Crippen LogP contribution in [0.3, 0.4) is 0 Å². The zero-order valence-electron chi connectivity index (χ0n) is 10.9. The Kier molecular flexibility index (Phi) is 4.30. The third-order valence-electron chi connectivity index (χ3n) is 3.12. The highest BCUT2D eigenvalue weighted by Gasteiger charge is 2.26. The number of rotatable bonds is 4. The maximum absolute atomic E-state index is 12.1. The molecular formula is C12H14Cl2N2O3S. The summed E-state index contributed by atoms with van der Waals surface area (Å²) < 4.78 is 25.8. The minimum absolute atomic E-state index is 0.255. The standard InChI is InChI=1S/C12H14Cl2N2O3S/c1-7(17)8(2)20(18,19)6-10-5-16-4-9(13)3-11(14)12(16)15-10/h3-5,7-8,17H,6H2,1-2H3/t7-,8-/m0/s1. The number of aromatic nitrogens is 2. The molecule has 0 saturated heterocycles. The van der Waals surface area contributed by atoms with Gasteiger partial charge in [-0.2, -0.15) is 0 Å². The van der Waals surface area contributed by atoms with E-state index < -0.39 is 21.2 Å². The highest BCUT2D eigenvalue weighted by atomic mass is 35.5. The largest absolute Gasteiger partial charge is 0.392 e. The van der Waals surface area contributed by atoms with Gasteiger partial charge in [-0.05, 0) is 19.9 Å². The molecule has 2 aromatic rings. The molecule has 0 saturated carbocycles. The van der Waals surface area contributed by atoms with E-state index in [1.165, 1.54) is 13.8 Å². The molecular weight excluding hydrogens is 323 g/mol. The van der Waals surface area contributed by atoms with Gasteiger partial charge >= 0.3 is 0 Å². The van der Waals surface area contributed by atoms with Crippen LogP contribution in [-0.4, -0.2) is 34.3 Å². The SMILES string of the molecule is C[C@H](O)[C@H](C)S(=O)(=O)Cc1cn2cc(Cl)cc(Cl)c2n1. The smallest absolute Gasteiger partial charge is 0.161 e. The lowest BCUT2D eigenvalue weighted by Gasteiger charge is -2.14. The number of fused-ring (bicyclic) bond motifs is 1. The summed E-state index contributed by atoms with van der Waals surface area (Å²) >= 11 is 11.9. The molecule has 110 valence electrons. The van der Waals surface area contributed by atoms with Gasteiger partial charge in [0.1, 0.15) is 0 Å². The van der Waals surface area contributed by atoms with Crippen LogP contribution in [0, 0.1) is 0 Å². The van der Waals surface area contributed by atoms with E-state index in [0.717, 1.165) is 0 Å². The molecule has 0 aliphatic heterocycles. The van der Waals surface area contributed by atoms with Crippen molar-refractivity contribution in [2.45, 2.75) is 31.0 Å². The molecule has 0 aliphatic rings. The van der Waals surface area contributed by atoms with Crippen molar-refractivity contribution in [2.75, 3.05) is 0 Å². The van der Waals surface area contributed by atoms with E-state index in [0.29, 0.717) is 21.4 Å². The average Bonchev–Trinajstić information content (AvgIpc) is 2.69. The van der Waals surface area contributed by atoms with Crippen LogP contribution in [0.1, 0.15) is 19.5 Å². The first-order valence-corrected chi connectivity index (χ1v) is 8.40. The first-order valence-electron chi connectivity index (χ1n) is 5.93. The number of halogens is 2. The van der Waals surface area contributed by atoms with E-state index in [2.05, 4.69) is 4.98 Å². The molecule has 0 bridgehead atoms. The molecule has 2 aromatic heterocycles. The summed E-state index contributed by atoms with van der Waals surface area (Å²) in [4.78, 5) is 4.19. The van der Waals surface area contributed by atoms with Crippen molar-refractivity contribution in [1.82, 2.24) is 9.38 Å². The van der Waals surface area contributed by atoms with Crippen LogP contribution in [-0.2, 0) is 15.6 Å². The van der Waals surface area contributed by atoms with E-state index >= 15 is 0 Å². The summed E-state index contributed by atoms with van der Waals surface area (Å²) in [6.45, 7) is 2.92. The summed E-state index contributed by atoms with van der Waals surface area (Å²) in [6.07, 6.45) is 2.23. The normalized spacial score (nSPS) is 15.4. The van der Waals surface area contributed by atoms with Crippen LogP contribution < -0.4 is 0 Å². The van der Waals surface area contributed by atoms with E-state index in [9.17, 15) is 13.5 Å². The van der Waals surface area contributed by atoms with Crippen LogP contribution in [0.15, 0.2) is 18.5 Å². The first-order chi connectivity index (χ1) is 9.20. The van der Waals surface area contributed by atoms with Crippen molar-refractivity contribution in [3.63, 3.8) is 0 Å². The summed E-state index contributed by atoms with van der Waals surface area (Å²) in [5.74, 6) is -0.255. The lowest BCUT2D eigenvalue weighted by molar-refractivity contribution is 0.192. The van der Waals surface area contributed by atoms with Crippen molar-refractivity contribution in [3.8, 4) is 0 Å². The van der Waals surface area contributed by atoms with Gasteiger partial charge in [0.15, 0.2) is 15.5 Å². The zero-order chi connectivity index (χ0) is 15.1. The Balaban J connectivity index is 2.38. The number of aliphatic hydroxyl groups is 1. The first kappa shape index (κ1) is 15.6. The van der Waals surface area contributed by atoms with Gasteiger partial charge < -0.3 is 9.51 Å². The van der Waals surface area contributed by atoms with Gasteiger partial charge in [-0.3, -0.25) is 0 Å². The Bertz CT molecular complexity index is 740. The predicted molar refractivity (Wildman–Crippen MR) is 79.0 cm³/mol. The highest BCUT2D eigenvalue weighted by Crippen LogP contribution is 2.23. The molecule has 0 aliphatic carbocycles. The van der Waals surface area contributed by atoms with Gasteiger partial charge in [0.2, 0.25) is 0 Å². The molecule has 0 radical (unpaired) electrons. The fourth-order valence-electron chi connectivity index (χ4n) is 1.78. The van der Waals surface area contributed by atoms with E-state index in [1.807, 2.05) is 0 Å². The summed E-state index contributed by atoms with van der Waals surface area (Å²) in [7, 11) is -3.49. The number of hydrogen-bond donors (Lipinski definition) is 1. The topological polar surface area (TPSA) is 71.7 Å². The number of sulfone groups is 1. The zero-order valence-corrected chi connectivity index (χ0v) is 13.2. The minimum atomic E-state index is -3.49. The van der Waals surface area contributed by atoms with Crippen molar-refractivity contribution in [2.24, 2.45) is 0 Å². The average molecular weight is 337 g/mol. The molecule has 0 spiro atoms. The van der Waals surface area contributed by atoms with Gasteiger partial charge in [0.25, 0.3) is 0 Å². The van der Waals surface area contributed by atoms with Gasteiger partial charge in [0, 0.05) is 12.4 Å². The Morgan fingerprint density at radius 2 is 2.00 bits per heavy atom. The monoisotopic (exact) mass is 336 g/mol. The molecule has 0 unspecified atom stereocenters. The molecule has 0 aromatic carbocycles. The molecule has 8 heteroatoms. The lowest BCUT2D eigenvalue weighted by Crippen LogP contribution is -2.30. The number of aliphatic hydroxyl groups excluding tert-OH is 1. The Morgan fingerprint density at radius 1 is 1.35 bits per heavy atom. The van der Waals surface area contributed by atoms with E-state index in [-0.39, 0.29) is 5.75 Å². The fourth-order valence-corrected chi connectivity index (χ4v) is 3.72. The maximum Gasteiger partial charge on any atom is 0.161 e. The molecule has 2 rings (SSSR count). The van der Waals surface area contributed by atoms with Crippen LogP contribution in [0.4, 0.5) is 0 Å². The van der Waals surface area contributed by atoms with Crippen molar-refractivity contribution < 1.29 is 13.5 Å². The summed E-state index contributed by atoms with van der Waals surface area (Å²) in [6, 6.07) is 1.54. The minimum Gasteiger partial charge on any atom is -0.392 e. The van der Waals surface area contributed by atoms with E-state index in [4.69, 9.17) is 23.2 Å². The van der Waals surface area contributed by atoms with Gasteiger partial charge in [-0.1, -0.05) is 23.2 Å². The second-order valence-corrected chi connectivity index (χ2v) is 7.92. The number of imidazole rings is 1. The number of pyridine rings is 1. The second kappa shape index (κ2) is 5.52. The second-order valence-electron chi connectivity index (χ2n) is 4.72. The highest BCUT2D eigenvalue weighted by molar-refractivity contribution is 7.91. The third kappa shape index (κ3) is 3.09. The Hall–Kier alpha value is -0.820. The van der Waals surface area contributed by atoms with E-state index in [1.54, 1.807) is 22.9 Å².